The van der Waals surface area contributed by atoms with Crippen LogP contribution in [0.5, 0.6) is 0 Å². The highest BCUT2D eigenvalue weighted by Gasteiger charge is 1.72. The zero-order valence-electron chi connectivity index (χ0n) is 5.78. The van der Waals surface area contributed by atoms with Crippen molar-refractivity contribution in [1.82, 2.24) is 15.0 Å². The molecule has 0 spiro atoms. The molecule has 3 heteroatoms. The van der Waals surface area contributed by atoms with Crippen molar-refractivity contribution in [2.24, 2.45) is 0 Å². The Balaban J connectivity index is 3.13. The van der Waals surface area contributed by atoms with E-state index in [-0.39, 0.29) is 0 Å². The zero-order chi connectivity index (χ0) is 7.23. The van der Waals surface area contributed by atoms with Crippen LogP contribution in [0.1, 0.15) is 5.69 Å². The fraction of sp³-hybridized carbons (Fsp3) is 0.143. The molecule has 1 heterocycles. The first-order chi connectivity index (χ1) is 4.89. The Labute approximate surface area is 59.5 Å². The summed E-state index contributed by atoms with van der Waals surface area (Å²) in [7, 11) is 0. The van der Waals surface area contributed by atoms with Crippen LogP contribution in [0.2, 0.25) is 0 Å². The Hall–Kier alpha value is -1.38. The maximum absolute atomic E-state index is 4.03. The zero-order valence-corrected chi connectivity index (χ0v) is 5.78. The van der Waals surface area contributed by atoms with Gasteiger partial charge in [-0.3, -0.25) is 9.97 Å². The Morgan fingerprint density at radius 1 is 1.30 bits per heavy atom. The first kappa shape index (κ1) is 6.74. The lowest BCUT2D eigenvalue weighted by molar-refractivity contribution is 1.17. The van der Waals surface area contributed by atoms with E-state index in [1.54, 1.807) is 31.0 Å². The van der Waals surface area contributed by atoms with Gasteiger partial charge >= 0.3 is 0 Å². The van der Waals surface area contributed by atoms with Crippen molar-refractivity contribution in [3.8, 4) is 0 Å². The van der Waals surface area contributed by atoms with Gasteiger partial charge in [0.2, 0.25) is 0 Å². The van der Waals surface area contributed by atoms with Crippen LogP contribution in [0, 0.1) is 6.92 Å². The molecular formula is C7H9N3. The number of H-pyrrole nitrogens is 1. The van der Waals surface area contributed by atoms with Crippen molar-refractivity contribution in [2.45, 2.75) is 6.92 Å². The quantitative estimate of drug-likeness (QED) is 0.581. The van der Waals surface area contributed by atoms with Gasteiger partial charge in [0.25, 0.3) is 0 Å². The van der Waals surface area contributed by atoms with Crippen molar-refractivity contribution in [3.05, 3.63) is 36.7 Å². The molecule has 0 bridgehead atoms. The number of hydrogen-bond acceptors (Lipinski definition) is 2. The predicted octanol–water partition coefficient (Wildman–Crippen LogP) is 1.24. The molecule has 0 unspecified atom stereocenters. The monoisotopic (exact) mass is 135 g/mol. The standard InChI is InChI=1S/C7H9N3/c1-7-6-9-3-2-8-4-5-10-7/h2-6,8H,1H3. The molecule has 3 nitrogen and oxygen atoms in total. The second-order valence-electron chi connectivity index (χ2n) is 1.85. The summed E-state index contributed by atoms with van der Waals surface area (Å²) in [5.74, 6) is 0. The smallest absolute Gasteiger partial charge is 0.0555 e. The molecule has 1 aromatic rings. The maximum Gasteiger partial charge on any atom is 0.0555 e. The van der Waals surface area contributed by atoms with Crippen LogP contribution < -0.4 is 0 Å². The minimum absolute atomic E-state index is 0.893. The number of nitrogens with one attached hydrogen (secondary N) is 1. The van der Waals surface area contributed by atoms with Gasteiger partial charge in [0.15, 0.2) is 0 Å². The Morgan fingerprint density at radius 2 is 2.10 bits per heavy atom. The van der Waals surface area contributed by atoms with E-state index in [0.717, 1.165) is 5.69 Å². The molecule has 0 aliphatic rings. The van der Waals surface area contributed by atoms with Gasteiger partial charge in [-0.2, -0.15) is 0 Å². The van der Waals surface area contributed by atoms with Gasteiger partial charge in [-0.05, 0) is 6.92 Å². The van der Waals surface area contributed by atoms with Gasteiger partial charge < -0.3 is 4.98 Å². The molecule has 0 amide bonds. The lowest BCUT2D eigenvalue weighted by atomic mass is 10.5. The molecule has 0 aromatic carbocycles. The fourth-order valence-electron chi connectivity index (χ4n) is 0.524. The third-order valence-corrected chi connectivity index (χ3v) is 0.967. The Bertz CT molecular complexity index is 216. The molecule has 1 rings (SSSR count). The summed E-state index contributed by atoms with van der Waals surface area (Å²) >= 11 is 0. The van der Waals surface area contributed by atoms with E-state index in [0.29, 0.717) is 0 Å². The number of nitrogens with zero attached hydrogens (tertiary/aromatic N) is 2. The highest BCUT2D eigenvalue weighted by Crippen LogP contribution is 1.79. The van der Waals surface area contributed by atoms with Crippen molar-refractivity contribution >= 4 is 0 Å². The second-order valence-corrected chi connectivity index (χ2v) is 1.85. The largest absolute Gasteiger partial charge is 0.365 e. The summed E-state index contributed by atoms with van der Waals surface area (Å²) in [6.45, 7) is 1.90. The molecule has 0 saturated carbocycles. The molecule has 0 saturated heterocycles. The number of aromatic amines is 1. The van der Waals surface area contributed by atoms with Crippen molar-refractivity contribution in [2.75, 3.05) is 0 Å². The molecule has 0 atom stereocenters. The highest BCUT2D eigenvalue weighted by atomic mass is 14.7. The minimum Gasteiger partial charge on any atom is -0.365 e. The summed E-state index contributed by atoms with van der Waals surface area (Å²) in [5, 5.41) is 0. The molecular weight excluding hydrogens is 126 g/mol. The van der Waals surface area contributed by atoms with Crippen LogP contribution in [0.15, 0.2) is 31.0 Å². The molecule has 1 aromatic heterocycles. The van der Waals surface area contributed by atoms with Gasteiger partial charge in [-0.1, -0.05) is 0 Å². The summed E-state index contributed by atoms with van der Waals surface area (Å²) in [4.78, 5) is 10.8. The molecule has 10 heavy (non-hydrogen) atoms. The van der Waals surface area contributed by atoms with Crippen LogP contribution >= 0.6 is 0 Å². The SMILES string of the molecule is Cc1cncc[nH]ccn1. The lowest BCUT2D eigenvalue weighted by Gasteiger charge is -1.75. The van der Waals surface area contributed by atoms with Crippen molar-refractivity contribution in [3.63, 3.8) is 0 Å². The number of rotatable bonds is 0. The van der Waals surface area contributed by atoms with E-state index in [2.05, 4.69) is 15.0 Å². The van der Waals surface area contributed by atoms with E-state index >= 15 is 0 Å². The van der Waals surface area contributed by atoms with Crippen LogP contribution in [0.25, 0.3) is 0 Å². The molecule has 0 radical (unpaired) electrons. The van der Waals surface area contributed by atoms with Gasteiger partial charge in [0.1, 0.15) is 0 Å². The molecule has 52 valence electrons. The maximum atomic E-state index is 4.03. The average molecular weight is 135 g/mol. The van der Waals surface area contributed by atoms with Crippen molar-refractivity contribution < 1.29 is 0 Å². The summed E-state index contributed by atoms with van der Waals surface area (Å²) in [5.41, 5.74) is 0.893. The van der Waals surface area contributed by atoms with Gasteiger partial charge in [0.05, 0.1) is 5.69 Å². The van der Waals surface area contributed by atoms with Crippen LogP contribution in [-0.2, 0) is 0 Å². The topological polar surface area (TPSA) is 41.6 Å². The summed E-state index contributed by atoms with van der Waals surface area (Å²) < 4.78 is 0. The third kappa shape index (κ3) is 2.26. The van der Waals surface area contributed by atoms with E-state index < -0.39 is 0 Å². The van der Waals surface area contributed by atoms with Crippen LogP contribution in [0.3, 0.4) is 0 Å². The molecule has 0 aliphatic heterocycles. The van der Waals surface area contributed by atoms with E-state index in [1.807, 2.05) is 6.92 Å². The molecule has 1 N–H and O–H groups in total. The van der Waals surface area contributed by atoms with E-state index in [4.69, 9.17) is 0 Å². The lowest BCUT2D eigenvalue weighted by Crippen LogP contribution is -1.71. The van der Waals surface area contributed by atoms with Crippen LogP contribution in [0.4, 0.5) is 0 Å². The summed E-state index contributed by atoms with van der Waals surface area (Å²) in [6.07, 6.45) is 8.55. The number of aryl methyl sites for hydroxylation is 1. The van der Waals surface area contributed by atoms with E-state index in [1.165, 1.54) is 0 Å². The number of aromatic nitrogens is 3. The second kappa shape index (κ2) is 3.61. The summed E-state index contributed by atoms with van der Waals surface area (Å²) in [6, 6.07) is 0. The van der Waals surface area contributed by atoms with Gasteiger partial charge in [0, 0.05) is 31.0 Å². The van der Waals surface area contributed by atoms with Gasteiger partial charge in [-0.25, -0.2) is 0 Å². The Morgan fingerprint density at radius 3 is 3.00 bits per heavy atom. The first-order valence-electron chi connectivity index (χ1n) is 3.03. The third-order valence-electron chi connectivity index (χ3n) is 0.967. The molecule has 0 aliphatic carbocycles. The Kier molecular flexibility index (Phi) is 2.43. The minimum atomic E-state index is 0.893. The fourth-order valence-corrected chi connectivity index (χ4v) is 0.524. The van der Waals surface area contributed by atoms with E-state index in [9.17, 15) is 0 Å². The normalized spacial score (nSPS) is 8.50. The highest BCUT2D eigenvalue weighted by molar-refractivity contribution is 4.86. The van der Waals surface area contributed by atoms with Crippen LogP contribution in [-0.4, -0.2) is 15.0 Å². The van der Waals surface area contributed by atoms with Gasteiger partial charge in [-0.15, -0.1) is 0 Å². The van der Waals surface area contributed by atoms with Crippen molar-refractivity contribution in [1.29, 1.82) is 0 Å². The first-order valence-corrected chi connectivity index (χ1v) is 3.03. The molecule has 0 fully saturated rings. The average Bonchev–Trinajstić information content (AvgIpc) is 2.02. The predicted molar refractivity (Wildman–Crippen MR) is 38.7 cm³/mol. The number of hydrogen-bond donors (Lipinski definition) is 1.